The molecule has 0 aliphatic carbocycles. The van der Waals surface area contributed by atoms with Crippen LogP contribution in [0.2, 0.25) is 0 Å². The van der Waals surface area contributed by atoms with Gasteiger partial charge in [-0.2, -0.15) is 5.26 Å². The Morgan fingerprint density at radius 2 is 2.12 bits per heavy atom. The fraction of sp³-hybridized carbons (Fsp3) is 0.316. The number of piperidine rings is 1. The number of benzene rings is 1. The molecule has 1 saturated heterocycles. The molecule has 2 heterocycles. The SMILES string of the molecule is COc1c(F)cccc1C(=O)NC1CCN(c2ncccc2C#N)CC1. The molecule has 2 aromatic rings. The highest BCUT2D eigenvalue weighted by Gasteiger charge is 2.24. The van der Waals surface area contributed by atoms with Gasteiger partial charge in [-0.25, -0.2) is 9.37 Å². The summed E-state index contributed by atoms with van der Waals surface area (Å²) in [6, 6.07) is 9.89. The third kappa shape index (κ3) is 3.59. The van der Waals surface area contributed by atoms with Gasteiger partial charge in [-0.3, -0.25) is 4.79 Å². The number of carbonyl (C=O) groups is 1. The van der Waals surface area contributed by atoms with Gasteiger partial charge in [0.2, 0.25) is 0 Å². The first-order valence-electron chi connectivity index (χ1n) is 8.37. The number of hydrogen-bond donors (Lipinski definition) is 1. The standard InChI is InChI=1S/C19H19FN4O2/c1-26-17-15(5-2-6-16(17)20)19(25)23-14-7-10-24(11-8-14)18-13(12-21)4-3-9-22-18/h2-6,9,14H,7-8,10-11H2,1H3,(H,23,25). The largest absolute Gasteiger partial charge is 0.493 e. The lowest BCUT2D eigenvalue weighted by Gasteiger charge is -2.33. The highest BCUT2D eigenvalue weighted by molar-refractivity contribution is 5.97. The molecule has 0 unspecified atom stereocenters. The molecule has 1 aromatic heterocycles. The van der Waals surface area contributed by atoms with Crippen LogP contribution in [0.5, 0.6) is 5.75 Å². The van der Waals surface area contributed by atoms with Crippen LogP contribution in [-0.2, 0) is 0 Å². The Morgan fingerprint density at radius 3 is 2.81 bits per heavy atom. The van der Waals surface area contributed by atoms with Gasteiger partial charge in [0.15, 0.2) is 11.6 Å². The quantitative estimate of drug-likeness (QED) is 0.913. The van der Waals surface area contributed by atoms with Crippen molar-refractivity contribution >= 4 is 11.7 Å². The van der Waals surface area contributed by atoms with Gasteiger partial charge in [-0.05, 0) is 37.1 Å². The summed E-state index contributed by atoms with van der Waals surface area (Å²) >= 11 is 0. The van der Waals surface area contributed by atoms with Crippen LogP contribution in [0.15, 0.2) is 36.5 Å². The van der Waals surface area contributed by atoms with E-state index in [0.717, 1.165) is 0 Å². The average molecular weight is 354 g/mol. The number of anilines is 1. The molecule has 0 bridgehead atoms. The summed E-state index contributed by atoms with van der Waals surface area (Å²) in [5.74, 6) is -0.286. The summed E-state index contributed by atoms with van der Waals surface area (Å²) in [5.41, 5.74) is 0.728. The van der Waals surface area contributed by atoms with Crippen LogP contribution in [0.25, 0.3) is 0 Å². The van der Waals surface area contributed by atoms with E-state index in [9.17, 15) is 14.4 Å². The lowest BCUT2D eigenvalue weighted by Crippen LogP contribution is -2.45. The maximum atomic E-state index is 13.8. The molecule has 0 spiro atoms. The Morgan fingerprint density at radius 1 is 1.35 bits per heavy atom. The van der Waals surface area contributed by atoms with Crippen LogP contribution in [-0.4, -0.2) is 37.1 Å². The molecule has 1 aliphatic rings. The Hall–Kier alpha value is -3.14. The van der Waals surface area contributed by atoms with Gasteiger partial charge in [0, 0.05) is 25.3 Å². The molecular formula is C19H19FN4O2. The molecule has 0 atom stereocenters. The van der Waals surface area contributed by atoms with Gasteiger partial charge in [0.25, 0.3) is 5.91 Å². The van der Waals surface area contributed by atoms with Crippen molar-refractivity contribution in [3.05, 3.63) is 53.5 Å². The lowest BCUT2D eigenvalue weighted by molar-refractivity contribution is 0.0927. The van der Waals surface area contributed by atoms with E-state index in [0.29, 0.717) is 37.3 Å². The molecule has 1 aliphatic heterocycles. The number of pyridine rings is 1. The van der Waals surface area contributed by atoms with Gasteiger partial charge in [-0.1, -0.05) is 6.07 Å². The minimum Gasteiger partial charge on any atom is -0.493 e. The molecule has 0 saturated carbocycles. The van der Waals surface area contributed by atoms with Crippen molar-refractivity contribution < 1.29 is 13.9 Å². The summed E-state index contributed by atoms with van der Waals surface area (Å²) in [6.45, 7) is 1.36. The summed E-state index contributed by atoms with van der Waals surface area (Å²) in [4.78, 5) is 18.8. The van der Waals surface area contributed by atoms with Crippen molar-refractivity contribution in [1.29, 1.82) is 5.26 Å². The predicted molar refractivity (Wildman–Crippen MR) is 94.6 cm³/mol. The first-order chi connectivity index (χ1) is 12.6. The monoisotopic (exact) mass is 354 g/mol. The second kappa shape index (κ2) is 7.83. The number of methoxy groups -OCH3 is 1. The van der Waals surface area contributed by atoms with E-state index < -0.39 is 5.82 Å². The zero-order valence-electron chi connectivity index (χ0n) is 14.4. The van der Waals surface area contributed by atoms with E-state index in [2.05, 4.69) is 16.4 Å². The molecule has 1 amide bonds. The van der Waals surface area contributed by atoms with Gasteiger partial charge in [0.05, 0.1) is 18.2 Å². The van der Waals surface area contributed by atoms with E-state index in [4.69, 9.17) is 4.74 Å². The second-order valence-electron chi connectivity index (χ2n) is 6.04. The summed E-state index contributed by atoms with van der Waals surface area (Å²) in [7, 11) is 1.34. The van der Waals surface area contributed by atoms with Crippen molar-refractivity contribution in [3.8, 4) is 11.8 Å². The van der Waals surface area contributed by atoms with E-state index in [1.54, 1.807) is 24.4 Å². The maximum Gasteiger partial charge on any atom is 0.255 e. The van der Waals surface area contributed by atoms with Gasteiger partial charge in [0.1, 0.15) is 11.9 Å². The van der Waals surface area contributed by atoms with E-state index in [-0.39, 0.29) is 23.3 Å². The first kappa shape index (κ1) is 17.7. The fourth-order valence-corrected chi connectivity index (χ4v) is 3.13. The van der Waals surface area contributed by atoms with Crippen LogP contribution in [0.4, 0.5) is 10.2 Å². The predicted octanol–water partition coefficient (Wildman–Crippen LogP) is 2.50. The topological polar surface area (TPSA) is 78.2 Å². The van der Waals surface area contributed by atoms with E-state index in [1.165, 1.54) is 19.2 Å². The second-order valence-corrected chi connectivity index (χ2v) is 6.04. The van der Waals surface area contributed by atoms with Crippen LogP contribution >= 0.6 is 0 Å². The summed E-state index contributed by atoms with van der Waals surface area (Å²) in [6.07, 6.45) is 3.09. The Balaban J connectivity index is 1.64. The number of para-hydroxylation sites is 1. The number of nitriles is 1. The summed E-state index contributed by atoms with van der Waals surface area (Å²) < 4.78 is 18.8. The molecule has 3 rings (SSSR count). The number of ether oxygens (including phenoxy) is 1. The van der Waals surface area contributed by atoms with Crippen LogP contribution < -0.4 is 15.0 Å². The number of rotatable bonds is 4. The Labute approximate surface area is 151 Å². The minimum atomic E-state index is -0.561. The molecule has 26 heavy (non-hydrogen) atoms. The van der Waals surface area contributed by atoms with E-state index in [1.807, 2.05) is 4.90 Å². The molecule has 134 valence electrons. The van der Waals surface area contributed by atoms with Crippen LogP contribution in [0.1, 0.15) is 28.8 Å². The highest BCUT2D eigenvalue weighted by Crippen LogP contribution is 2.24. The molecular weight excluding hydrogens is 335 g/mol. The maximum absolute atomic E-state index is 13.8. The average Bonchev–Trinajstić information content (AvgIpc) is 2.68. The van der Waals surface area contributed by atoms with Crippen molar-refractivity contribution in [1.82, 2.24) is 10.3 Å². The van der Waals surface area contributed by atoms with Crippen LogP contribution in [0.3, 0.4) is 0 Å². The van der Waals surface area contributed by atoms with Gasteiger partial charge >= 0.3 is 0 Å². The number of aromatic nitrogens is 1. The minimum absolute atomic E-state index is 0.0269. The number of halogens is 1. The van der Waals surface area contributed by atoms with Crippen LogP contribution in [0, 0.1) is 17.1 Å². The van der Waals surface area contributed by atoms with Crippen molar-refractivity contribution in [2.75, 3.05) is 25.1 Å². The molecule has 6 nitrogen and oxygen atoms in total. The number of carbonyl (C=O) groups excluding carboxylic acids is 1. The third-order valence-electron chi connectivity index (χ3n) is 4.45. The van der Waals surface area contributed by atoms with Crippen molar-refractivity contribution in [2.24, 2.45) is 0 Å². The first-order valence-corrected chi connectivity index (χ1v) is 8.37. The zero-order chi connectivity index (χ0) is 18.5. The zero-order valence-corrected chi connectivity index (χ0v) is 14.4. The number of hydrogen-bond acceptors (Lipinski definition) is 5. The molecule has 7 heteroatoms. The Bertz CT molecular complexity index is 842. The van der Waals surface area contributed by atoms with Gasteiger partial charge in [-0.15, -0.1) is 0 Å². The van der Waals surface area contributed by atoms with E-state index >= 15 is 0 Å². The smallest absolute Gasteiger partial charge is 0.255 e. The third-order valence-corrected chi connectivity index (χ3v) is 4.45. The molecule has 1 fully saturated rings. The molecule has 1 aromatic carbocycles. The van der Waals surface area contributed by atoms with Gasteiger partial charge < -0.3 is 15.0 Å². The summed E-state index contributed by atoms with van der Waals surface area (Å²) in [5, 5.41) is 12.1. The highest BCUT2D eigenvalue weighted by atomic mass is 19.1. The normalized spacial score (nSPS) is 14.6. The number of nitrogens with one attached hydrogen (secondary N) is 1. The van der Waals surface area contributed by atoms with Crippen molar-refractivity contribution in [2.45, 2.75) is 18.9 Å². The van der Waals surface area contributed by atoms with Crippen molar-refractivity contribution in [3.63, 3.8) is 0 Å². The number of nitrogens with zero attached hydrogens (tertiary/aromatic N) is 3. The molecule has 1 N–H and O–H groups in total. The fourth-order valence-electron chi connectivity index (χ4n) is 3.13. The molecule has 0 radical (unpaired) electrons. The number of amides is 1. The Kier molecular flexibility index (Phi) is 5.32. The lowest BCUT2D eigenvalue weighted by atomic mass is 10.0.